The number of nitrogens with one attached hydrogen (secondary N) is 1. The van der Waals surface area contributed by atoms with Crippen molar-refractivity contribution in [3.8, 4) is 17.1 Å². The summed E-state index contributed by atoms with van der Waals surface area (Å²) in [6.07, 6.45) is 0.823. The summed E-state index contributed by atoms with van der Waals surface area (Å²) in [5.41, 5.74) is 3.30. The van der Waals surface area contributed by atoms with E-state index in [0.717, 1.165) is 23.0 Å². The number of imide groups is 1. The van der Waals surface area contributed by atoms with E-state index in [-0.39, 0.29) is 50.1 Å². The summed E-state index contributed by atoms with van der Waals surface area (Å²) >= 11 is 0. The van der Waals surface area contributed by atoms with Crippen LogP contribution in [0.25, 0.3) is 38.0 Å². The monoisotopic (exact) mass is 687 g/mol. The van der Waals surface area contributed by atoms with Gasteiger partial charge in [0.25, 0.3) is 20.3 Å². The molecular formula is C37H47N6O5P. The number of rotatable bonds is 17. The van der Waals surface area contributed by atoms with Crippen LogP contribution < -0.4 is 4.74 Å². The van der Waals surface area contributed by atoms with Crippen LogP contribution in [0.2, 0.25) is 0 Å². The third kappa shape index (κ3) is 8.29. The Morgan fingerprint density at radius 3 is 2.45 bits per heavy atom. The molecule has 1 aliphatic rings. The van der Waals surface area contributed by atoms with Gasteiger partial charge in [0.2, 0.25) is 6.54 Å². The van der Waals surface area contributed by atoms with Gasteiger partial charge in [-0.15, -0.1) is 0 Å². The summed E-state index contributed by atoms with van der Waals surface area (Å²) in [5.74, 6) is 0.774. The molecule has 11 nitrogen and oxygen atoms in total. The van der Waals surface area contributed by atoms with Gasteiger partial charge < -0.3 is 28.5 Å². The van der Waals surface area contributed by atoms with E-state index in [1.165, 1.54) is 4.90 Å². The molecule has 1 N–H and O–H groups in total. The van der Waals surface area contributed by atoms with E-state index < -0.39 is 8.53 Å². The second-order valence-electron chi connectivity index (χ2n) is 13.0. The molecule has 1 aromatic heterocycles. The topological polar surface area (TPSA) is 105 Å². The number of aromatic nitrogens is 2. The number of hydrogen-bond acceptors (Lipinski definition) is 8. The molecule has 2 heterocycles. The molecule has 3 aromatic carbocycles. The number of amides is 2. The molecule has 0 spiro atoms. The van der Waals surface area contributed by atoms with Crippen molar-refractivity contribution in [2.45, 2.75) is 65.6 Å². The first-order valence-electron chi connectivity index (χ1n) is 17.4. The Labute approximate surface area is 291 Å². The first-order chi connectivity index (χ1) is 24.0. The van der Waals surface area contributed by atoms with Crippen molar-refractivity contribution in [2.24, 2.45) is 0 Å². The Balaban J connectivity index is 1.28. The Kier molecular flexibility index (Phi) is 11.5. The van der Waals surface area contributed by atoms with Gasteiger partial charge in [0.05, 0.1) is 29.3 Å². The van der Waals surface area contributed by atoms with Crippen LogP contribution in [0.1, 0.15) is 69.5 Å². The highest BCUT2D eigenvalue weighted by Crippen LogP contribution is 2.47. The van der Waals surface area contributed by atoms with Crippen LogP contribution in [0.15, 0.2) is 48.5 Å². The summed E-state index contributed by atoms with van der Waals surface area (Å²) in [7, 11) is 2.51. The molecule has 5 rings (SSSR count). The van der Waals surface area contributed by atoms with Crippen molar-refractivity contribution in [1.29, 1.82) is 0 Å². The maximum atomic E-state index is 13.6. The SMILES string of the molecule is [2H]C[C@H](CCOc1ccc(-c2nc3c(cc4c5c(cccc53)C(=O)N(CCCN(C)C)C4=O)[nH]2)cc1)OP(OCC[N+]#[C-])N(C(C)C)C(C)C. The predicted molar refractivity (Wildman–Crippen MR) is 195 cm³/mol. The van der Waals surface area contributed by atoms with Crippen LogP contribution in [-0.2, 0) is 9.05 Å². The van der Waals surface area contributed by atoms with E-state index in [1.807, 2.05) is 61.5 Å². The van der Waals surface area contributed by atoms with Gasteiger partial charge in [-0.05, 0) is 98.1 Å². The third-order valence-electron chi connectivity index (χ3n) is 8.27. The van der Waals surface area contributed by atoms with Gasteiger partial charge in [-0.1, -0.05) is 12.1 Å². The molecule has 0 aliphatic carbocycles. The molecule has 2 amide bonds. The van der Waals surface area contributed by atoms with Gasteiger partial charge in [-0.3, -0.25) is 14.5 Å². The highest BCUT2D eigenvalue weighted by atomic mass is 31.2. The van der Waals surface area contributed by atoms with Gasteiger partial charge in [0, 0.05) is 48.3 Å². The molecule has 0 radical (unpaired) electrons. The van der Waals surface area contributed by atoms with E-state index in [2.05, 4.69) is 42.2 Å². The largest absolute Gasteiger partial charge is 0.493 e. The number of ether oxygens (including phenoxy) is 1. The number of benzene rings is 3. The number of fused-ring (bicyclic) bond motifs is 2. The fraction of sp³-hybridized carbons (Fsp3) is 0.459. The lowest BCUT2D eigenvalue weighted by Crippen LogP contribution is -2.41. The first-order valence-corrected chi connectivity index (χ1v) is 17.9. The minimum Gasteiger partial charge on any atom is -0.493 e. The molecule has 0 fully saturated rings. The van der Waals surface area contributed by atoms with Crippen LogP contribution in [0, 0.1) is 6.57 Å². The maximum Gasteiger partial charge on any atom is 0.261 e. The summed E-state index contributed by atoms with van der Waals surface area (Å²) in [4.78, 5) is 42.1. The third-order valence-corrected chi connectivity index (χ3v) is 10.5. The summed E-state index contributed by atoms with van der Waals surface area (Å²) < 4.78 is 28.6. The number of carbonyl (C=O) groups is 2. The summed E-state index contributed by atoms with van der Waals surface area (Å²) in [6.45, 7) is 17.5. The predicted octanol–water partition coefficient (Wildman–Crippen LogP) is 7.39. The molecule has 0 bridgehead atoms. The summed E-state index contributed by atoms with van der Waals surface area (Å²) in [6, 6.07) is 15.3. The standard InChI is InChI=1S/C37H47N6O5P/c1-24(2)43(25(3)4)49(47-22-18-38-6)48-26(5)17-21-46-28-15-13-27(14-16-28)35-39-32-23-31-33-29(34(32)40-35)11-9-12-30(33)36(44)42(37(31)45)20-10-19-41(7)8/h9,11-16,23-26H,10,17-22H2,1-5,7-8H3,(H,39,40)/t26-,49?/m1/s1/i5D. The van der Waals surface area contributed by atoms with Gasteiger partial charge in [0.15, 0.2) is 0 Å². The lowest BCUT2D eigenvalue weighted by Gasteiger charge is -2.36. The van der Waals surface area contributed by atoms with Crippen molar-refractivity contribution in [3.63, 3.8) is 0 Å². The van der Waals surface area contributed by atoms with Crippen LogP contribution in [-0.4, -0.2) is 101 Å². The van der Waals surface area contributed by atoms with E-state index in [1.54, 1.807) is 6.07 Å². The lowest BCUT2D eigenvalue weighted by molar-refractivity contribution is 0.0605. The van der Waals surface area contributed by atoms with Gasteiger partial charge >= 0.3 is 0 Å². The molecule has 1 unspecified atom stereocenters. The number of aromatic amines is 1. The normalized spacial score (nSPS) is 14.8. The fourth-order valence-corrected chi connectivity index (χ4v) is 7.71. The quantitative estimate of drug-likeness (QED) is 0.0531. The zero-order valence-electron chi connectivity index (χ0n) is 30.2. The second kappa shape index (κ2) is 16.2. The van der Waals surface area contributed by atoms with E-state index in [9.17, 15) is 9.59 Å². The number of imidazole rings is 1. The highest BCUT2D eigenvalue weighted by Gasteiger charge is 2.34. The minimum atomic E-state index is -1.43. The fourth-order valence-electron chi connectivity index (χ4n) is 6.05. The van der Waals surface area contributed by atoms with Gasteiger partial charge in [0.1, 0.15) is 18.2 Å². The smallest absolute Gasteiger partial charge is 0.261 e. The molecule has 0 saturated heterocycles. The number of nitrogens with zero attached hydrogens (tertiary/aromatic N) is 5. The van der Waals surface area contributed by atoms with Crippen LogP contribution in [0.5, 0.6) is 5.75 Å². The molecule has 0 saturated carbocycles. The molecule has 260 valence electrons. The Bertz CT molecular complexity index is 1830. The molecule has 4 aromatic rings. The van der Waals surface area contributed by atoms with Gasteiger partial charge in [-0.25, -0.2) is 16.2 Å². The van der Waals surface area contributed by atoms with E-state index >= 15 is 0 Å². The first kappa shape index (κ1) is 34.9. The zero-order valence-corrected chi connectivity index (χ0v) is 30.1. The number of hydrogen-bond donors (Lipinski definition) is 1. The van der Waals surface area contributed by atoms with E-state index in [0.29, 0.717) is 59.6 Å². The average Bonchev–Trinajstić information content (AvgIpc) is 3.52. The number of carbonyl (C=O) groups excluding carboxylic acids is 2. The average molecular weight is 688 g/mol. The van der Waals surface area contributed by atoms with Crippen LogP contribution in [0.4, 0.5) is 0 Å². The molecule has 2 atom stereocenters. The minimum absolute atomic E-state index is 0.0650. The van der Waals surface area contributed by atoms with Crippen molar-refractivity contribution in [2.75, 3.05) is 46.9 Å². The Hall–Kier alpha value is -3.91. The Morgan fingerprint density at radius 2 is 1.78 bits per heavy atom. The van der Waals surface area contributed by atoms with Crippen molar-refractivity contribution in [1.82, 2.24) is 24.4 Å². The Morgan fingerprint density at radius 1 is 1.04 bits per heavy atom. The molecule has 12 heteroatoms. The summed E-state index contributed by atoms with van der Waals surface area (Å²) in [5, 5.41) is 1.42. The second-order valence-corrected chi connectivity index (χ2v) is 14.4. The lowest BCUT2D eigenvalue weighted by atomic mass is 9.93. The number of H-pyrrole nitrogens is 1. The van der Waals surface area contributed by atoms with Crippen molar-refractivity contribution >= 4 is 42.1 Å². The molecule has 49 heavy (non-hydrogen) atoms. The van der Waals surface area contributed by atoms with E-state index in [4.69, 9.17) is 26.7 Å². The van der Waals surface area contributed by atoms with Crippen molar-refractivity contribution in [3.05, 3.63) is 71.1 Å². The van der Waals surface area contributed by atoms with Crippen LogP contribution >= 0.6 is 8.53 Å². The van der Waals surface area contributed by atoms with Crippen LogP contribution in [0.3, 0.4) is 0 Å². The molecular weight excluding hydrogens is 639 g/mol. The zero-order chi connectivity index (χ0) is 35.9. The van der Waals surface area contributed by atoms with Gasteiger partial charge in [-0.2, -0.15) is 0 Å². The highest BCUT2D eigenvalue weighted by molar-refractivity contribution is 7.44. The maximum absolute atomic E-state index is 13.6. The van der Waals surface area contributed by atoms with Crippen molar-refractivity contribution < 1.29 is 24.7 Å². The molecule has 1 aliphatic heterocycles.